The highest BCUT2D eigenvalue weighted by molar-refractivity contribution is 5.96. The van der Waals surface area contributed by atoms with E-state index in [0.29, 0.717) is 31.4 Å². The predicted octanol–water partition coefficient (Wildman–Crippen LogP) is 3.78. The van der Waals surface area contributed by atoms with Crippen LogP contribution in [-0.2, 0) is 18.3 Å². The molecular formula is C32H38F3N9O2. The van der Waals surface area contributed by atoms with Crippen LogP contribution in [0.4, 0.5) is 13.2 Å². The van der Waals surface area contributed by atoms with Gasteiger partial charge in [0.05, 0.1) is 42.8 Å². The molecule has 11 nitrogen and oxygen atoms in total. The van der Waals surface area contributed by atoms with Gasteiger partial charge in [-0.2, -0.15) is 23.5 Å². The Morgan fingerprint density at radius 1 is 1.15 bits per heavy atom. The number of aliphatic imine (C=N–C) groups is 2. The zero-order chi connectivity index (χ0) is 31.9. The molecular weight excluding hydrogens is 599 g/mol. The maximum absolute atomic E-state index is 13.7. The Bertz CT molecular complexity index is 1550. The second-order valence-electron chi connectivity index (χ2n) is 13.1. The molecule has 0 aromatic carbocycles. The van der Waals surface area contributed by atoms with Crippen LogP contribution in [0, 0.1) is 17.2 Å². The molecule has 1 saturated carbocycles. The lowest BCUT2D eigenvalue weighted by Gasteiger charge is -2.52. The normalized spacial score (nSPS) is 30.0. The maximum Gasteiger partial charge on any atom is 0.433 e. The second-order valence-corrected chi connectivity index (χ2v) is 13.1. The number of fused-ring (bicyclic) bond motifs is 1. The first kappa shape index (κ1) is 30.8. The van der Waals surface area contributed by atoms with Crippen molar-refractivity contribution in [1.29, 1.82) is 5.26 Å². The number of aliphatic hydroxyl groups excluding tert-OH is 1. The molecule has 4 aliphatic heterocycles. The summed E-state index contributed by atoms with van der Waals surface area (Å²) in [6, 6.07) is 5.20. The van der Waals surface area contributed by atoms with Gasteiger partial charge in [-0.3, -0.25) is 19.5 Å². The number of halogens is 3. The van der Waals surface area contributed by atoms with Crippen LogP contribution in [0.15, 0.2) is 46.8 Å². The minimum atomic E-state index is -4.58. The van der Waals surface area contributed by atoms with E-state index in [2.05, 4.69) is 37.3 Å². The van der Waals surface area contributed by atoms with E-state index in [4.69, 9.17) is 9.84 Å². The van der Waals surface area contributed by atoms with Crippen molar-refractivity contribution in [2.75, 3.05) is 26.2 Å². The molecule has 0 bridgehead atoms. The molecule has 244 valence electrons. The smallest absolute Gasteiger partial charge is 0.433 e. The fourth-order valence-electron chi connectivity index (χ4n) is 7.67. The Labute approximate surface area is 265 Å². The van der Waals surface area contributed by atoms with Gasteiger partial charge in [0.25, 0.3) is 0 Å². The van der Waals surface area contributed by atoms with Crippen molar-refractivity contribution < 1.29 is 23.0 Å². The van der Waals surface area contributed by atoms with Gasteiger partial charge in [-0.25, -0.2) is 9.98 Å². The summed E-state index contributed by atoms with van der Waals surface area (Å²) in [5.74, 6) is 0.922. The Morgan fingerprint density at radius 2 is 1.98 bits per heavy atom. The van der Waals surface area contributed by atoms with Crippen LogP contribution < -0.4 is 10.1 Å². The van der Waals surface area contributed by atoms with Crippen LogP contribution in [0.25, 0.3) is 0 Å². The summed E-state index contributed by atoms with van der Waals surface area (Å²) in [6.07, 6.45) is 9.60. The number of ether oxygens (including phenoxy) is 1. The lowest BCUT2D eigenvalue weighted by Crippen LogP contribution is -2.58. The molecule has 2 saturated heterocycles. The number of likely N-dealkylation sites (tertiary alicyclic amines) is 2. The van der Waals surface area contributed by atoms with E-state index < -0.39 is 11.9 Å². The average molecular weight is 638 g/mol. The molecule has 0 radical (unpaired) electrons. The topological polar surface area (TPSA) is 127 Å². The Hall–Kier alpha value is -3.80. The molecule has 2 aromatic rings. The molecule has 0 amide bonds. The molecule has 0 spiro atoms. The summed E-state index contributed by atoms with van der Waals surface area (Å²) in [6.45, 7) is 2.54. The molecule has 6 heterocycles. The zero-order valence-corrected chi connectivity index (χ0v) is 25.5. The van der Waals surface area contributed by atoms with Crippen molar-refractivity contribution in [3.63, 3.8) is 0 Å². The summed E-state index contributed by atoms with van der Waals surface area (Å²) >= 11 is 0. The highest BCUT2D eigenvalue weighted by atomic mass is 19.4. The molecule has 2 aromatic heterocycles. The first-order valence-electron chi connectivity index (χ1n) is 16.0. The van der Waals surface area contributed by atoms with Gasteiger partial charge in [-0.1, -0.05) is 6.08 Å². The largest absolute Gasteiger partial charge is 0.474 e. The lowest BCUT2D eigenvalue weighted by atomic mass is 9.69. The Morgan fingerprint density at radius 3 is 2.74 bits per heavy atom. The number of pyridine rings is 1. The number of piperidine rings is 1. The van der Waals surface area contributed by atoms with Gasteiger partial charge < -0.3 is 15.2 Å². The maximum atomic E-state index is 13.7. The van der Waals surface area contributed by atoms with Gasteiger partial charge in [0.2, 0.25) is 5.88 Å². The number of aromatic nitrogens is 3. The molecule has 1 aliphatic carbocycles. The number of alkyl halides is 3. The molecule has 2 N–H and O–H groups in total. The molecule has 3 atom stereocenters. The zero-order valence-electron chi connectivity index (χ0n) is 25.5. The van der Waals surface area contributed by atoms with E-state index in [1.54, 1.807) is 12.4 Å². The number of amidine groups is 1. The third kappa shape index (κ3) is 6.03. The number of rotatable bonds is 9. The van der Waals surface area contributed by atoms with Crippen LogP contribution in [0.1, 0.15) is 67.8 Å². The van der Waals surface area contributed by atoms with Crippen molar-refractivity contribution in [3.05, 3.63) is 53.6 Å². The van der Waals surface area contributed by atoms with Crippen LogP contribution in [0.2, 0.25) is 0 Å². The third-order valence-electron chi connectivity index (χ3n) is 10.2. The van der Waals surface area contributed by atoms with Crippen molar-refractivity contribution in [3.8, 4) is 11.9 Å². The van der Waals surface area contributed by atoms with Crippen molar-refractivity contribution in [1.82, 2.24) is 29.9 Å². The molecule has 5 aliphatic rings. The second kappa shape index (κ2) is 12.4. The highest BCUT2D eigenvalue weighted by Gasteiger charge is 2.49. The Kier molecular flexibility index (Phi) is 8.33. The number of hydrogen-bond acceptors (Lipinski definition) is 10. The highest BCUT2D eigenvalue weighted by Crippen LogP contribution is 2.46. The third-order valence-corrected chi connectivity index (χ3v) is 10.2. The summed E-state index contributed by atoms with van der Waals surface area (Å²) in [5.41, 5.74) is 0.135. The first-order chi connectivity index (χ1) is 22.2. The number of nitrogens with one attached hydrogen (secondary N) is 1. The van der Waals surface area contributed by atoms with Crippen LogP contribution in [0.5, 0.6) is 5.88 Å². The number of hydrogen-bond donors (Lipinski definition) is 2. The number of nitriles is 1. The van der Waals surface area contributed by atoms with E-state index in [0.717, 1.165) is 62.8 Å². The molecule has 2 unspecified atom stereocenters. The molecule has 14 heteroatoms. The van der Waals surface area contributed by atoms with E-state index in [1.165, 1.54) is 0 Å². The van der Waals surface area contributed by atoms with E-state index in [9.17, 15) is 23.5 Å². The van der Waals surface area contributed by atoms with Crippen molar-refractivity contribution in [2.24, 2.45) is 15.9 Å². The minimum absolute atomic E-state index is 0.00115. The molecule has 7 rings (SSSR count). The average Bonchev–Trinajstić information content (AvgIpc) is 3.80. The van der Waals surface area contributed by atoms with Gasteiger partial charge >= 0.3 is 6.18 Å². The first-order valence-corrected chi connectivity index (χ1v) is 16.0. The van der Waals surface area contributed by atoms with E-state index >= 15 is 0 Å². The molecule has 3 fully saturated rings. The van der Waals surface area contributed by atoms with Gasteiger partial charge in [0.15, 0.2) is 0 Å². The standard InChI is InChI=1S/C32H38F3N9O2/c33-32(34,35)27-12-21(17-43-9-1-2-23(43)19-45)13-28(41-27)46-25-4-10-42(11-5-25)24-14-31(15-24,6-7-36)44-18-22(16-40-44)29-26-3-8-37-30(26)39-20-38-29/h3,8,12-13,16,18,20,23-26,29,45H,1-2,4-6,9-11,14-15,17,19H2,(H,37,38,39)/t23-,24?,26?,29?,31?/m0/s1. The van der Waals surface area contributed by atoms with Gasteiger partial charge in [0.1, 0.15) is 24.0 Å². The van der Waals surface area contributed by atoms with Crippen LogP contribution in [-0.4, -0.2) is 86.3 Å². The summed E-state index contributed by atoms with van der Waals surface area (Å²) < 4.78 is 49.2. The van der Waals surface area contributed by atoms with Crippen molar-refractivity contribution >= 4 is 12.2 Å². The van der Waals surface area contributed by atoms with Gasteiger partial charge in [-0.15, -0.1) is 0 Å². The van der Waals surface area contributed by atoms with Gasteiger partial charge in [-0.05, 0) is 62.9 Å². The van der Waals surface area contributed by atoms with E-state index in [-0.39, 0.29) is 48.2 Å². The quantitative estimate of drug-likeness (QED) is 0.426. The fourth-order valence-corrected chi connectivity index (χ4v) is 7.67. The molecule has 46 heavy (non-hydrogen) atoms. The monoisotopic (exact) mass is 637 g/mol. The predicted molar refractivity (Wildman–Crippen MR) is 163 cm³/mol. The number of nitrogens with zero attached hydrogens (tertiary/aromatic N) is 8. The summed E-state index contributed by atoms with van der Waals surface area (Å²) in [7, 11) is 0. The van der Waals surface area contributed by atoms with Gasteiger partial charge in [0, 0.05) is 49.5 Å². The lowest BCUT2D eigenvalue weighted by molar-refractivity contribution is -0.141. The summed E-state index contributed by atoms with van der Waals surface area (Å²) in [5, 5.41) is 27.2. The number of aliphatic hydroxyl groups is 1. The SMILES string of the molecule is N#CCC1(n2cc(C3N=CN=C4NC=CC43)cn2)CC(N2CCC(Oc3cc(CN4CCC[C@H]4CO)cc(C(F)(F)F)n3)CC2)C1. The summed E-state index contributed by atoms with van der Waals surface area (Å²) in [4.78, 5) is 17.2. The minimum Gasteiger partial charge on any atom is -0.474 e. The van der Waals surface area contributed by atoms with Crippen LogP contribution in [0.3, 0.4) is 0 Å². The fraction of sp³-hybridized carbons (Fsp3) is 0.594. The van der Waals surface area contributed by atoms with Crippen LogP contribution >= 0.6 is 0 Å². The van der Waals surface area contributed by atoms with E-state index in [1.807, 2.05) is 28.2 Å². The van der Waals surface area contributed by atoms with Crippen molar-refractivity contribution in [2.45, 2.75) is 87.4 Å². The Balaban J connectivity index is 0.967.